The molecule has 3 rings (SSSR count). The number of nitrogens with one attached hydrogen (secondary N) is 1. The molecular weight excluding hydrogens is 364 g/mol. The number of carbonyl (C=O) groups excluding carboxylic acids is 1. The van der Waals surface area contributed by atoms with Crippen molar-refractivity contribution in [3.63, 3.8) is 0 Å². The van der Waals surface area contributed by atoms with E-state index in [0.29, 0.717) is 11.4 Å². The summed E-state index contributed by atoms with van der Waals surface area (Å²) < 4.78 is 25.5. The minimum atomic E-state index is -3.60. The molecule has 7 nitrogen and oxygen atoms in total. The van der Waals surface area contributed by atoms with Gasteiger partial charge in [0.2, 0.25) is 15.9 Å². The fourth-order valence-electron chi connectivity index (χ4n) is 3.15. The SMILES string of the molecule is Cc1ccccc1N(CC(=O)Nc1ccc(N2CCCC2)nc1)S(C)(=O)=O. The number of aryl methyl sites for hydroxylation is 1. The monoisotopic (exact) mass is 388 g/mol. The Morgan fingerprint density at radius 1 is 1.19 bits per heavy atom. The molecule has 1 aliphatic rings. The molecule has 1 aliphatic heterocycles. The molecule has 144 valence electrons. The molecule has 0 unspecified atom stereocenters. The summed E-state index contributed by atoms with van der Waals surface area (Å²) in [5.41, 5.74) is 1.83. The molecule has 1 amide bonds. The number of para-hydroxylation sites is 1. The van der Waals surface area contributed by atoms with Crippen LogP contribution in [0.5, 0.6) is 0 Å². The van der Waals surface area contributed by atoms with Crippen molar-refractivity contribution in [2.75, 3.05) is 40.4 Å². The predicted molar refractivity (Wildman–Crippen MR) is 108 cm³/mol. The molecule has 0 radical (unpaired) electrons. The summed E-state index contributed by atoms with van der Waals surface area (Å²) in [5.74, 6) is 0.475. The largest absolute Gasteiger partial charge is 0.357 e. The van der Waals surface area contributed by atoms with Crippen LogP contribution < -0.4 is 14.5 Å². The number of benzene rings is 1. The number of carbonyl (C=O) groups is 1. The highest BCUT2D eigenvalue weighted by atomic mass is 32.2. The smallest absolute Gasteiger partial charge is 0.245 e. The maximum absolute atomic E-state index is 12.4. The second-order valence-electron chi connectivity index (χ2n) is 6.70. The molecule has 0 bridgehead atoms. The maximum Gasteiger partial charge on any atom is 0.245 e. The minimum Gasteiger partial charge on any atom is -0.357 e. The standard InChI is InChI=1S/C19H24N4O3S/c1-15-7-3-4-8-17(15)23(27(2,25)26)14-19(24)21-16-9-10-18(20-13-16)22-11-5-6-12-22/h3-4,7-10,13H,5-6,11-12,14H2,1-2H3,(H,21,24). The first kappa shape index (κ1) is 19.2. The zero-order valence-electron chi connectivity index (χ0n) is 15.6. The highest BCUT2D eigenvalue weighted by molar-refractivity contribution is 7.92. The molecule has 0 atom stereocenters. The van der Waals surface area contributed by atoms with Gasteiger partial charge in [0, 0.05) is 13.1 Å². The van der Waals surface area contributed by atoms with E-state index in [4.69, 9.17) is 0 Å². The number of amides is 1. The summed E-state index contributed by atoms with van der Waals surface area (Å²) in [4.78, 5) is 19.0. The van der Waals surface area contributed by atoms with Gasteiger partial charge in [-0.3, -0.25) is 9.10 Å². The third kappa shape index (κ3) is 4.77. The summed E-state index contributed by atoms with van der Waals surface area (Å²) in [7, 11) is -3.60. The van der Waals surface area contributed by atoms with Gasteiger partial charge in [-0.05, 0) is 43.5 Å². The number of pyridine rings is 1. The first-order valence-electron chi connectivity index (χ1n) is 8.89. The van der Waals surface area contributed by atoms with Crippen molar-refractivity contribution < 1.29 is 13.2 Å². The number of nitrogens with zero attached hydrogens (tertiary/aromatic N) is 3. The van der Waals surface area contributed by atoms with E-state index < -0.39 is 15.9 Å². The number of rotatable bonds is 6. The quantitative estimate of drug-likeness (QED) is 0.822. The summed E-state index contributed by atoms with van der Waals surface area (Å²) in [6.45, 7) is 3.51. The van der Waals surface area contributed by atoms with Gasteiger partial charge in [0.1, 0.15) is 12.4 Å². The second-order valence-corrected chi connectivity index (χ2v) is 8.61. The molecule has 0 saturated carbocycles. The lowest BCUT2D eigenvalue weighted by molar-refractivity contribution is -0.114. The third-order valence-corrected chi connectivity index (χ3v) is 5.66. The Kier molecular flexibility index (Phi) is 5.65. The number of hydrogen-bond acceptors (Lipinski definition) is 5. The highest BCUT2D eigenvalue weighted by Crippen LogP contribution is 2.22. The van der Waals surface area contributed by atoms with E-state index >= 15 is 0 Å². The molecule has 1 fully saturated rings. The van der Waals surface area contributed by atoms with E-state index in [1.54, 1.807) is 24.4 Å². The topological polar surface area (TPSA) is 82.6 Å². The summed E-state index contributed by atoms with van der Waals surface area (Å²) >= 11 is 0. The van der Waals surface area contributed by atoms with Crippen molar-refractivity contribution >= 4 is 33.1 Å². The number of sulfonamides is 1. The van der Waals surface area contributed by atoms with Gasteiger partial charge in [-0.25, -0.2) is 13.4 Å². The van der Waals surface area contributed by atoms with E-state index in [-0.39, 0.29) is 6.54 Å². The summed E-state index contributed by atoms with van der Waals surface area (Å²) in [6.07, 6.45) is 5.03. The van der Waals surface area contributed by atoms with Gasteiger partial charge in [-0.15, -0.1) is 0 Å². The first-order valence-corrected chi connectivity index (χ1v) is 10.7. The van der Waals surface area contributed by atoms with Gasteiger partial charge in [-0.1, -0.05) is 18.2 Å². The molecule has 0 aliphatic carbocycles. The Morgan fingerprint density at radius 2 is 1.89 bits per heavy atom. The number of hydrogen-bond donors (Lipinski definition) is 1. The van der Waals surface area contributed by atoms with E-state index in [1.807, 2.05) is 25.1 Å². The fourth-order valence-corrected chi connectivity index (χ4v) is 4.06. The molecule has 1 aromatic heterocycles. The molecule has 2 aromatic rings. The average molecular weight is 388 g/mol. The first-order chi connectivity index (χ1) is 12.8. The van der Waals surface area contributed by atoms with E-state index in [1.165, 1.54) is 12.8 Å². The zero-order valence-corrected chi connectivity index (χ0v) is 16.4. The summed E-state index contributed by atoms with van der Waals surface area (Å²) in [5, 5.41) is 2.73. The number of anilines is 3. The van der Waals surface area contributed by atoms with Crippen LogP contribution in [0.3, 0.4) is 0 Å². The van der Waals surface area contributed by atoms with Crippen LogP contribution in [-0.4, -0.2) is 45.2 Å². The third-order valence-electron chi connectivity index (χ3n) is 4.53. The van der Waals surface area contributed by atoms with Crippen LogP contribution in [0.1, 0.15) is 18.4 Å². The normalized spacial score (nSPS) is 14.2. The van der Waals surface area contributed by atoms with Crippen LogP contribution in [0, 0.1) is 6.92 Å². The van der Waals surface area contributed by atoms with Crippen molar-refractivity contribution in [2.45, 2.75) is 19.8 Å². The lowest BCUT2D eigenvalue weighted by Gasteiger charge is -2.23. The van der Waals surface area contributed by atoms with Gasteiger partial charge in [0.05, 0.1) is 23.8 Å². The van der Waals surface area contributed by atoms with Gasteiger partial charge in [0.25, 0.3) is 0 Å². The predicted octanol–water partition coefficient (Wildman–Crippen LogP) is 2.39. The fraction of sp³-hybridized carbons (Fsp3) is 0.368. The second kappa shape index (κ2) is 7.96. The van der Waals surface area contributed by atoms with E-state index in [0.717, 1.165) is 35.0 Å². The molecule has 1 saturated heterocycles. The van der Waals surface area contributed by atoms with Crippen LogP contribution in [0.4, 0.5) is 17.2 Å². The van der Waals surface area contributed by atoms with Crippen LogP contribution in [0.15, 0.2) is 42.6 Å². The zero-order chi connectivity index (χ0) is 19.4. The van der Waals surface area contributed by atoms with E-state index in [9.17, 15) is 13.2 Å². The molecule has 27 heavy (non-hydrogen) atoms. The molecule has 1 N–H and O–H groups in total. The maximum atomic E-state index is 12.4. The van der Waals surface area contributed by atoms with Crippen LogP contribution >= 0.6 is 0 Å². The van der Waals surface area contributed by atoms with Crippen molar-refractivity contribution in [1.82, 2.24) is 4.98 Å². The van der Waals surface area contributed by atoms with Crippen LogP contribution in [0.2, 0.25) is 0 Å². The van der Waals surface area contributed by atoms with Crippen molar-refractivity contribution in [3.05, 3.63) is 48.2 Å². The highest BCUT2D eigenvalue weighted by Gasteiger charge is 2.22. The summed E-state index contributed by atoms with van der Waals surface area (Å²) in [6, 6.07) is 10.7. The van der Waals surface area contributed by atoms with Crippen molar-refractivity contribution in [1.29, 1.82) is 0 Å². The Hall–Kier alpha value is -2.61. The average Bonchev–Trinajstić information content (AvgIpc) is 3.15. The van der Waals surface area contributed by atoms with Crippen LogP contribution in [-0.2, 0) is 14.8 Å². The van der Waals surface area contributed by atoms with Gasteiger partial charge in [-0.2, -0.15) is 0 Å². The van der Waals surface area contributed by atoms with Crippen molar-refractivity contribution in [2.24, 2.45) is 0 Å². The van der Waals surface area contributed by atoms with Gasteiger partial charge >= 0.3 is 0 Å². The van der Waals surface area contributed by atoms with Crippen LogP contribution in [0.25, 0.3) is 0 Å². The van der Waals surface area contributed by atoms with Gasteiger partial charge in [0.15, 0.2) is 0 Å². The molecule has 1 aromatic carbocycles. The Bertz CT molecular complexity index is 907. The Morgan fingerprint density at radius 3 is 2.48 bits per heavy atom. The molecule has 8 heteroatoms. The number of aromatic nitrogens is 1. The lowest BCUT2D eigenvalue weighted by atomic mass is 10.2. The molecular formula is C19H24N4O3S. The Balaban J connectivity index is 1.70. The molecule has 2 heterocycles. The lowest BCUT2D eigenvalue weighted by Crippen LogP contribution is -2.37. The Labute approximate surface area is 160 Å². The van der Waals surface area contributed by atoms with E-state index in [2.05, 4.69) is 15.2 Å². The van der Waals surface area contributed by atoms with Gasteiger partial charge < -0.3 is 10.2 Å². The van der Waals surface area contributed by atoms with Crippen molar-refractivity contribution in [3.8, 4) is 0 Å². The molecule has 0 spiro atoms. The minimum absolute atomic E-state index is 0.294.